The molecule has 1 amide bonds. The molecule has 2 fully saturated rings. The van der Waals surface area contributed by atoms with Gasteiger partial charge in [-0.2, -0.15) is 0 Å². The molecule has 0 spiro atoms. The molecule has 2 saturated heterocycles. The first-order valence-corrected chi connectivity index (χ1v) is 11.0. The summed E-state index contributed by atoms with van der Waals surface area (Å²) in [4.78, 5) is 11.6. The van der Waals surface area contributed by atoms with Crippen LogP contribution < -0.4 is 5.32 Å². The van der Waals surface area contributed by atoms with E-state index >= 15 is 0 Å². The van der Waals surface area contributed by atoms with Crippen LogP contribution in [0.25, 0.3) is 0 Å². The van der Waals surface area contributed by atoms with Crippen LogP contribution in [0.3, 0.4) is 0 Å². The third kappa shape index (κ3) is 5.93. The van der Waals surface area contributed by atoms with Crippen molar-refractivity contribution in [3.8, 4) is 0 Å². The molecular weight excluding hydrogens is 478 g/mol. The zero-order valence-electron chi connectivity index (χ0n) is 19.0. The van der Waals surface area contributed by atoms with Crippen molar-refractivity contribution in [3.63, 3.8) is 0 Å². The summed E-state index contributed by atoms with van der Waals surface area (Å²) in [6.07, 6.45) is -18.5. The monoisotopic (exact) mass is 511 g/mol. The van der Waals surface area contributed by atoms with Crippen LogP contribution in [0.15, 0.2) is 12.0 Å². The number of aliphatic hydroxyl groups is 8. The summed E-state index contributed by atoms with van der Waals surface area (Å²) in [6, 6.07) is 0. The van der Waals surface area contributed by atoms with Gasteiger partial charge < -0.3 is 69.9 Å². The second-order valence-electron chi connectivity index (χ2n) is 8.65. The molecule has 15 heteroatoms. The maximum atomic E-state index is 11.6. The number of aliphatic hydroxyl groups excluding tert-OH is 8. The number of hydrogen-bond acceptors (Lipinski definition) is 14. The van der Waals surface area contributed by atoms with Crippen molar-refractivity contribution in [2.75, 3.05) is 13.2 Å². The Bertz CT molecular complexity index is 753. The van der Waals surface area contributed by atoms with Crippen molar-refractivity contribution in [2.24, 2.45) is 0 Å². The SMILES string of the molecule is CC(=O)NC1=CO[C@H](CO)[C@@H](O)[C@@H]1O[C@@H]1O[C@H](CO)[C@H](O)[C@H](O)[C@H]1O[C@@H]1O[C@@H](C)[C@@H](O)[C@@H](O)[C@@H]1O. The first kappa shape index (κ1) is 28.1. The summed E-state index contributed by atoms with van der Waals surface area (Å²) in [5, 5.41) is 83.4. The minimum absolute atomic E-state index is 0.0562. The fraction of sp³-hybridized carbons (Fsp3) is 0.850. The van der Waals surface area contributed by atoms with Crippen molar-refractivity contribution < 1.29 is 69.3 Å². The molecule has 0 aromatic rings. The smallest absolute Gasteiger partial charge is 0.221 e. The predicted octanol–water partition coefficient (Wildman–Crippen LogP) is -5.25. The van der Waals surface area contributed by atoms with E-state index in [4.69, 9.17) is 23.7 Å². The molecule has 0 aromatic carbocycles. The molecule has 3 aliphatic heterocycles. The molecule has 0 saturated carbocycles. The summed E-state index contributed by atoms with van der Waals surface area (Å²) in [6.45, 7) is 1.25. The first-order valence-electron chi connectivity index (χ1n) is 11.0. The van der Waals surface area contributed by atoms with E-state index in [-0.39, 0.29) is 5.70 Å². The molecule has 15 nitrogen and oxygen atoms in total. The average Bonchev–Trinajstić information content (AvgIpc) is 2.82. The van der Waals surface area contributed by atoms with Crippen molar-refractivity contribution in [1.82, 2.24) is 5.32 Å². The molecule has 9 N–H and O–H groups in total. The maximum absolute atomic E-state index is 11.6. The molecule has 0 aromatic heterocycles. The van der Waals surface area contributed by atoms with Gasteiger partial charge in [-0.15, -0.1) is 0 Å². The molecule has 3 heterocycles. The van der Waals surface area contributed by atoms with Crippen LogP contribution in [0.1, 0.15) is 13.8 Å². The molecule has 202 valence electrons. The van der Waals surface area contributed by atoms with E-state index in [1.807, 2.05) is 0 Å². The van der Waals surface area contributed by atoms with Crippen LogP contribution >= 0.6 is 0 Å². The number of carbonyl (C=O) groups excluding carboxylic acids is 1. The van der Waals surface area contributed by atoms with Crippen molar-refractivity contribution in [1.29, 1.82) is 0 Å². The van der Waals surface area contributed by atoms with Gasteiger partial charge >= 0.3 is 0 Å². The predicted molar refractivity (Wildman–Crippen MR) is 110 cm³/mol. The van der Waals surface area contributed by atoms with Gasteiger partial charge in [0.15, 0.2) is 12.6 Å². The van der Waals surface area contributed by atoms with Gasteiger partial charge in [-0.3, -0.25) is 4.79 Å². The van der Waals surface area contributed by atoms with Gasteiger partial charge in [-0.1, -0.05) is 0 Å². The lowest BCUT2D eigenvalue weighted by Gasteiger charge is -2.47. The number of ether oxygens (including phenoxy) is 5. The molecule has 0 bridgehead atoms. The quantitative estimate of drug-likeness (QED) is 0.155. The van der Waals surface area contributed by atoms with Crippen molar-refractivity contribution in [3.05, 3.63) is 12.0 Å². The summed E-state index contributed by atoms with van der Waals surface area (Å²) in [5.41, 5.74) is -0.0562. The minimum atomic E-state index is -1.78. The Balaban J connectivity index is 1.87. The van der Waals surface area contributed by atoms with Gasteiger partial charge in [0, 0.05) is 6.92 Å². The Hall–Kier alpha value is -1.47. The highest BCUT2D eigenvalue weighted by Crippen LogP contribution is 2.32. The minimum Gasteiger partial charge on any atom is -0.491 e. The lowest BCUT2D eigenvalue weighted by atomic mass is 9.97. The van der Waals surface area contributed by atoms with Crippen LogP contribution in [0.2, 0.25) is 0 Å². The van der Waals surface area contributed by atoms with Crippen LogP contribution in [0.4, 0.5) is 0 Å². The Morgan fingerprint density at radius 1 is 0.857 bits per heavy atom. The molecule has 0 aliphatic carbocycles. The lowest BCUT2D eigenvalue weighted by molar-refractivity contribution is -0.371. The molecule has 0 radical (unpaired) electrons. The van der Waals surface area contributed by atoms with E-state index in [1.54, 1.807) is 0 Å². The average molecular weight is 511 g/mol. The van der Waals surface area contributed by atoms with E-state index in [2.05, 4.69) is 5.32 Å². The van der Waals surface area contributed by atoms with E-state index in [0.717, 1.165) is 6.26 Å². The fourth-order valence-corrected chi connectivity index (χ4v) is 4.03. The van der Waals surface area contributed by atoms with Gasteiger partial charge in [0.2, 0.25) is 5.91 Å². The first-order chi connectivity index (χ1) is 16.5. The number of rotatable bonds is 7. The maximum Gasteiger partial charge on any atom is 0.221 e. The molecule has 13 atom stereocenters. The third-order valence-electron chi connectivity index (χ3n) is 6.07. The van der Waals surface area contributed by atoms with Gasteiger partial charge in [-0.25, -0.2) is 0 Å². The zero-order valence-corrected chi connectivity index (χ0v) is 19.0. The van der Waals surface area contributed by atoms with E-state index in [1.165, 1.54) is 13.8 Å². The molecule has 3 aliphatic rings. The standard InChI is InChI=1S/C20H33NO14/c1-6-11(25)14(28)16(30)19(32-6)35-18-15(29)12(26)10(4-23)33-20(18)34-17-8(21-7(2)24)5-31-9(3-22)13(17)27/h5-6,9-20,22-23,25-30H,3-4H2,1-2H3,(H,21,24)/t6-,9+,10+,11+,12-,13+,14+,15-,16-,17+,18+,19-,20-/m0/s1. The lowest BCUT2D eigenvalue weighted by Crippen LogP contribution is -2.65. The number of amides is 1. The van der Waals surface area contributed by atoms with Crippen molar-refractivity contribution in [2.45, 2.75) is 93.6 Å². The molecule has 35 heavy (non-hydrogen) atoms. The highest BCUT2D eigenvalue weighted by Gasteiger charge is 2.52. The van der Waals surface area contributed by atoms with E-state index in [9.17, 15) is 45.6 Å². The summed E-state index contributed by atoms with van der Waals surface area (Å²) >= 11 is 0. The molecule has 0 unspecified atom stereocenters. The summed E-state index contributed by atoms with van der Waals surface area (Å²) in [5.74, 6) is -0.538. The van der Waals surface area contributed by atoms with E-state index < -0.39 is 98.8 Å². The van der Waals surface area contributed by atoms with Crippen molar-refractivity contribution >= 4 is 5.91 Å². The Kier molecular flexibility index (Phi) is 9.41. The van der Waals surface area contributed by atoms with Crippen LogP contribution in [0.5, 0.6) is 0 Å². The Labute approximate surface area is 200 Å². The molecular formula is C20H33NO14. The van der Waals surface area contributed by atoms with E-state index in [0.29, 0.717) is 0 Å². The third-order valence-corrected chi connectivity index (χ3v) is 6.07. The Morgan fingerprint density at radius 3 is 2.11 bits per heavy atom. The largest absolute Gasteiger partial charge is 0.491 e. The molecule has 3 rings (SSSR count). The summed E-state index contributed by atoms with van der Waals surface area (Å²) < 4.78 is 27.5. The second-order valence-corrected chi connectivity index (χ2v) is 8.65. The fourth-order valence-electron chi connectivity index (χ4n) is 4.03. The van der Waals surface area contributed by atoms with Gasteiger partial charge in [0.05, 0.1) is 25.0 Å². The highest BCUT2D eigenvalue weighted by atomic mass is 16.8. The second kappa shape index (κ2) is 11.7. The van der Waals surface area contributed by atoms with Gasteiger partial charge in [0.25, 0.3) is 0 Å². The zero-order chi connectivity index (χ0) is 26.0. The number of hydrogen-bond donors (Lipinski definition) is 9. The van der Waals surface area contributed by atoms with Gasteiger partial charge in [0.1, 0.15) is 67.3 Å². The highest BCUT2D eigenvalue weighted by molar-refractivity contribution is 5.75. The summed E-state index contributed by atoms with van der Waals surface area (Å²) in [7, 11) is 0. The number of nitrogens with one attached hydrogen (secondary N) is 1. The number of carbonyl (C=O) groups is 1. The van der Waals surface area contributed by atoms with Gasteiger partial charge in [-0.05, 0) is 6.92 Å². The van der Waals surface area contributed by atoms with Crippen LogP contribution in [-0.4, -0.2) is 140 Å². The van der Waals surface area contributed by atoms with Crippen LogP contribution in [0, 0.1) is 0 Å². The topological polar surface area (TPSA) is 237 Å². The van der Waals surface area contributed by atoms with Crippen LogP contribution in [-0.2, 0) is 28.5 Å². The Morgan fingerprint density at radius 2 is 1.51 bits per heavy atom. The normalized spacial score (nSPS) is 46.5.